The van der Waals surface area contributed by atoms with E-state index in [9.17, 15) is 0 Å². The second kappa shape index (κ2) is 4.12. The van der Waals surface area contributed by atoms with Gasteiger partial charge in [0.15, 0.2) is 12.4 Å². The van der Waals surface area contributed by atoms with Crippen LogP contribution in [0.3, 0.4) is 0 Å². The minimum Gasteiger partial charge on any atom is -0.208 e. The van der Waals surface area contributed by atoms with E-state index in [1.165, 1.54) is 12.0 Å². The zero-order valence-electron chi connectivity index (χ0n) is 10.0. The fourth-order valence-corrected chi connectivity index (χ4v) is 1.88. The van der Waals surface area contributed by atoms with Gasteiger partial charge in [-0.25, -0.2) is 4.57 Å². The Labute approximate surface area is 87.8 Å². The van der Waals surface area contributed by atoms with E-state index in [1.807, 2.05) is 0 Å². The van der Waals surface area contributed by atoms with Crippen LogP contribution in [0.2, 0.25) is 0 Å². The first kappa shape index (κ1) is 11.2. The van der Waals surface area contributed by atoms with Crippen LogP contribution in [0.5, 0.6) is 0 Å². The van der Waals surface area contributed by atoms with Crippen molar-refractivity contribution >= 4 is 0 Å². The van der Waals surface area contributed by atoms with Gasteiger partial charge in [0.25, 0.3) is 0 Å². The molecular formula is C13H22N+. The molecule has 0 aliphatic carbocycles. The Kier molecular flexibility index (Phi) is 3.30. The highest BCUT2D eigenvalue weighted by Crippen LogP contribution is 2.29. The molecule has 1 rings (SSSR count). The molecule has 0 fully saturated rings. The Morgan fingerprint density at radius 2 is 1.71 bits per heavy atom. The SMILES string of the molecule is CC(CC(C)(C)C)c1cc[n+](C)cc1. The monoisotopic (exact) mass is 192 g/mol. The summed E-state index contributed by atoms with van der Waals surface area (Å²) >= 11 is 0. The molecule has 0 aromatic carbocycles. The Hall–Kier alpha value is -0.850. The number of hydrogen-bond acceptors (Lipinski definition) is 0. The van der Waals surface area contributed by atoms with Crippen LogP contribution in [0.1, 0.15) is 45.6 Å². The van der Waals surface area contributed by atoms with Crippen LogP contribution in [0.15, 0.2) is 24.5 Å². The molecule has 1 unspecified atom stereocenters. The van der Waals surface area contributed by atoms with Crippen LogP contribution in [-0.2, 0) is 7.05 Å². The van der Waals surface area contributed by atoms with Crippen molar-refractivity contribution in [2.75, 3.05) is 0 Å². The fourth-order valence-electron chi connectivity index (χ4n) is 1.88. The molecule has 14 heavy (non-hydrogen) atoms. The largest absolute Gasteiger partial charge is 0.208 e. The number of nitrogens with zero attached hydrogens (tertiary/aromatic N) is 1. The zero-order valence-corrected chi connectivity index (χ0v) is 10.0. The van der Waals surface area contributed by atoms with Gasteiger partial charge >= 0.3 is 0 Å². The molecule has 1 heterocycles. The van der Waals surface area contributed by atoms with Gasteiger partial charge in [0.05, 0.1) is 0 Å². The number of aromatic nitrogens is 1. The minimum absolute atomic E-state index is 0.414. The summed E-state index contributed by atoms with van der Waals surface area (Å²) in [5.41, 5.74) is 1.86. The third-order valence-corrected chi connectivity index (χ3v) is 2.49. The molecule has 0 saturated heterocycles. The standard InChI is InChI=1S/C13H22N/c1-11(10-13(2,3)4)12-6-8-14(5)9-7-12/h6-9,11H,10H2,1-5H3/q+1. The maximum atomic E-state index is 2.31. The van der Waals surface area contributed by atoms with Gasteiger partial charge in [0.1, 0.15) is 7.05 Å². The van der Waals surface area contributed by atoms with Crippen LogP contribution in [0.4, 0.5) is 0 Å². The molecule has 0 N–H and O–H groups in total. The summed E-state index contributed by atoms with van der Waals surface area (Å²) in [6.45, 7) is 9.20. The van der Waals surface area contributed by atoms with Crippen molar-refractivity contribution in [2.45, 2.75) is 40.0 Å². The molecule has 0 radical (unpaired) electrons. The lowest BCUT2D eigenvalue weighted by Gasteiger charge is -2.23. The first-order valence-corrected chi connectivity index (χ1v) is 5.34. The van der Waals surface area contributed by atoms with E-state index in [0.29, 0.717) is 11.3 Å². The Morgan fingerprint density at radius 1 is 1.21 bits per heavy atom. The van der Waals surface area contributed by atoms with Gasteiger partial charge in [-0.2, -0.15) is 0 Å². The minimum atomic E-state index is 0.414. The average Bonchev–Trinajstić information content (AvgIpc) is 2.02. The summed E-state index contributed by atoms with van der Waals surface area (Å²) in [5, 5.41) is 0. The number of rotatable bonds is 2. The highest BCUT2D eigenvalue weighted by atomic mass is 14.9. The van der Waals surface area contributed by atoms with Crippen molar-refractivity contribution in [1.29, 1.82) is 0 Å². The van der Waals surface area contributed by atoms with Crippen LogP contribution in [-0.4, -0.2) is 0 Å². The number of pyridine rings is 1. The van der Waals surface area contributed by atoms with E-state index < -0.39 is 0 Å². The zero-order chi connectivity index (χ0) is 10.8. The molecule has 1 aromatic heterocycles. The van der Waals surface area contributed by atoms with E-state index in [-0.39, 0.29) is 0 Å². The third-order valence-electron chi connectivity index (χ3n) is 2.49. The molecule has 1 aromatic rings. The smallest absolute Gasteiger partial charge is 0.168 e. The van der Waals surface area contributed by atoms with Gasteiger partial charge < -0.3 is 0 Å². The fraction of sp³-hybridized carbons (Fsp3) is 0.615. The first-order valence-electron chi connectivity index (χ1n) is 5.34. The van der Waals surface area contributed by atoms with Gasteiger partial charge in [-0.1, -0.05) is 27.7 Å². The topological polar surface area (TPSA) is 3.88 Å². The summed E-state index contributed by atoms with van der Waals surface area (Å²) in [4.78, 5) is 0. The average molecular weight is 192 g/mol. The van der Waals surface area contributed by atoms with E-state index in [0.717, 1.165) is 0 Å². The van der Waals surface area contributed by atoms with Crippen LogP contribution in [0, 0.1) is 5.41 Å². The van der Waals surface area contributed by atoms with Gasteiger partial charge in [-0.05, 0) is 23.3 Å². The Balaban J connectivity index is 2.70. The highest BCUT2D eigenvalue weighted by Gasteiger charge is 2.16. The summed E-state index contributed by atoms with van der Waals surface area (Å²) < 4.78 is 2.08. The highest BCUT2D eigenvalue weighted by molar-refractivity contribution is 5.13. The number of aryl methyl sites for hydroxylation is 1. The summed E-state index contributed by atoms with van der Waals surface area (Å²) in [6, 6.07) is 4.44. The maximum Gasteiger partial charge on any atom is 0.168 e. The van der Waals surface area contributed by atoms with Crippen molar-refractivity contribution in [3.63, 3.8) is 0 Å². The molecule has 78 valence electrons. The molecule has 0 spiro atoms. The van der Waals surface area contributed by atoms with Crippen LogP contribution in [0.25, 0.3) is 0 Å². The van der Waals surface area contributed by atoms with E-state index >= 15 is 0 Å². The van der Waals surface area contributed by atoms with Gasteiger partial charge in [0.2, 0.25) is 0 Å². The first-order chi connectivity index (χ1) is 6.38. The lowest BCUT2D eigenvalue weighted by molar-refractivity contribution is -0.671. The lowest BCUT2D eigenvalue weighted by atomic mass is 9.83. The molecule has 1 atom stereocenters. The van der Waals surface area contributed by atoms with Crippen molar-refractivity contribution < 1.29 is 4.57 Å². The molecule has 1 nitrogen and oxygen atoms in total. The Morgan fingerprint density at radius 3 is 2.14 bits per heavy atom. The second-order valence-electron chi connectivity index (χ2n) is 5.46. The van der Waals surface area contributed by atoms with Gasteiger partial charge in [-0.15, -0.1) is 0 Å². The summed E-state index contributed by atoms with van der Waals surface area (Å²) in [7, 11) is 2.05. The second-order valence-corrected chi connectivity index (χ2v) is 5.46. The lowest BCUT2D eigenvalue weighted by Crippen LogP contribution is -2.26. The molecule has 0 saturated carbocycles. The van der Waals surface area contributed by atoms with Gasteiger partial charge in [-0.3, -0.25) is 0 Å². The van der Waals surface area contributed by atoms with Crippen LogP contribution >= 0.6 is 0 Å². The van der Waals surface area contributed by atoms with Crippen molar-refractivity contribution in [3.8, 4) is 0 Å². The molecule has 0 bridgehead atoms. The summed E-state index contributed by atoms with van der Waals surface area (Å²) in [6.07, 6.45) is 5.48. The molecule has 0 aliphatic heterocycles. The van der Waals surface area contributed by atoms with Crippen molar-refractivity contribution in [3.05, 3.63) is 30.1 Å². The molecular weight excluding hydrogens is 170 g/mol. The predicted octanol–water partition coefficient (Wildman–Crippen LogP) is 3.05. The van der Waals surface area contributed by atoms with Crippen LogP contribution < -0.4 is 4.57 Å². The normalized spacial score (nSPS) is 14.1. The molecule has 0 aliphatic rings. The summed E-state index contributed by atoms with van der Waals surface area (Å²) in [5.74, 6) is 0.649. The Bertz CT molecular complexity index is 279. The van der Waals surface area contributed by atoms with Gasteiger partial charge in [0, 0.05) is 12.1 Å². The molecule has 0 amide bonds. The number of hydrogen-bond donors (Lipinski definition) is 0. The van der Waals surface area contributed by atoms with Crippen molar-refractivity contribution in [2.24, 2.45) is 12.5 Å². The predicted molar refractivity (Wildman–Crippen MR) is 60.1 cm³/mol. The third kappa shape index (κ3) is 3.49. The van der Waals surface area contributed by atoms with E-state index in [1.54, 1.807) is 0 Å². The molecule has 1 heteroatoms. The van der Waals surface area contributed by atoms with E-state index in [4.69, 9.17) is 0 Å². The maximum absolute atomic E-state index is 2.31. The quantitative estimate of drug-likeness (QED) is 0.634. The van der Waals surface area contributed by atoms with Crippen molar-refractivity contribution in [1.82, 2.24) is 0 Å². The van der Waals surface area contributed by atoms with E-state index in [2.05, 4.69) is 63.8 Å².